The highest BCUT2D eigenvalue weighted by Crippen LogP contribution is 2.50. The van der Waals surface area contributed by atoms with Crippen molar-refractivity contribution in [3.63, 3.8) is 0 Å². The van der Waals surface area contributed by atoms with E-state index in [1.54, 1.807) is 12.8 Å². The molecule has 0 amide bonds. The van der Waals surface area contributed by atoms with Gasteiger partial charge in [-0.3, -0.25) is 0 Å². The standard InChI is InChI=1S/C14H22/c1-2-4-6-12(5-3-1)14-10-11-7-8-13(14)9-11/h11,13H,1-10H2. The molecule has 3 fully saturated rings. The molecule has 2 unspecified atom stereocenters. The van der Waals surface area contributed by atoms with E-state index < -0.39 is 0 Å². The van der Waals surface area contributed by atoms with Crippen molar-refractivity contribution in [2.45, 2.75) is 64.2 Å². The lowest BCUT2D eigenvalue weighted by Crippen LogP contribution is -2.02. The molecule has 0 saturated heterocycles. The predicted octanol–water partition coefficient (Wildman–Crippen LogP) is 4.46. The van der Waals surface area contributed by atoms with Crippen LogP contribution in [0.1, 0.15) is 64.2 Å². The zero-order valence-corrected chi connectivity index (χ0v) is 9.23. The molecule has 0 N–H and O–H groups in total. The average Bonchev–Trinajstić information content (AvgIpc) is 2.72. The molecule has 0 nitrogen and oxygen atoms in total. The summed E-state index contributed by atoms with van der Waals surface area (Å²) in [6.45, 7) is 0. The molecular formula is C14H22. The van der Waals surface area contributed by atoms with Gasteiger partial charge in [0.25, 0.3) is 0 Å². The van der Waals surface area contributed by atoms with Gasteiger partial charge in [0.1, 0.15) is 0 Å². The van der Waals surface area contributed by atoms with Gasteiger partial charge in [0.05, 0.1) is 0 Å². The smallest absolute Gasteiger partial charge is 0.0198 e. The summed E-state index contributed by atoms with van der Waals surface area (Å²) in [6.07, 6.45) is 15.0. The van der Waals surface area contributed by atoms with Crippen molar-refractivity contribution in [1.29, 1.82) is 0 Å². The molecule has 3 saturated carbocycles. The lowest BCUT2D eigenvalue weighted by molar-refractivity contribution is 0.552. The van der Waals surface area contributed by atoms with E-state index in [0.717, 1.165) is 11.8 Å². The quantitative estimate of drug-likeness (QED) is 0.391. The first-order valence-corrected chi connectivity index (χ1v) is 6.64. The molecular weight excluding hydrogens is 168 g/mol. The van der Waals surface area contributed by atoms with Crippen molar-refractivity contribution in [3.05, 3.63) is 11.1 Å². The molecule has 0 aromatic heterocycles. The normalized spacial score (nSPS) is 37.7. The molecule has 78 valence electrons. The second-order valence-corrected chi connectivity index (χ2v) is 5.62. The van der Waals surface area contributed by atoms with Crippen LogP contribution in [-0.4, -0.2) is 0 Å². The summed E-state index contributed by atoms with van der Waals surface area (Å²) in [5, 5.41) is 0. The van der Waals surface area contributed by atoms with E-state index in [4.69, 9.17) is 0 Å². The Labute approximate surface area is 87.8 Å². The topological polar surface area (TPSA) is 0 Å². The van der Waals surface area contributed by atoms with Crippen molar-refractivity contribution >= 4 is 0 Å². The van der Waals surface area contributed by atoms with Crippen LogP contribution in [0.4, 0.5) is 0 Å². The molecule has 2 bridgehead atoms. The molecule has 0 aliphatic heterocycles. The van der Waals surface area contributed by atoms with Gasteiger partial charge in [-0.2, -0.15) is 0 Å². The first kappa shape index (κ1) is 9.00. The van der Waals surface area contributed by atoms with Crippen molar-refractivity contribution in [2.24, 2.45) is 11.8 Å². The highest BCUT2D eigenvalue weighted by molar-refractivity contribution is 5.24. The van der Waals surface area contributed by atoms with Crippen molar-refractivity contribution in [3.8, 4) is 0 Å². The molecule has 0 radical (unpaired) electrons. The van der Waals surface area contributed by atoms with Crippen LogP contribution in [0.2, 0.25) is 0 Å². The molecule has 0 spiro atoms. The van der Waals surface area contributed by atoms with Gasteiger partial charge in [-0.25, -0.2) is 0 Å². The molecule has 14 heavy (non-hydrogen) atoms. The van der Waals surface area contributed by atoms with Crippen LogP contribution in [0.15, 0.2) is 11.1 Å². The van der Waals surface area contributed by atoms with Crippen LogP contribution in [0.3, 0.4) is 0 Å². The Hall–Kier alpha value is -0.260. The largest absolute Gasteiger partial charge is 0.0707 e. The van der Waals surface area contributed by atoms with Gasteiger partial charge in [-0.15, -0.1) is 0 Å². The molecule has 2 atom stereocenters. The monoisotopic (exact) mass is 190 g/mol. The summed E-state index contributed by atoms with van der Waals surface area (Å²) < 4.78 is 0. The number of allylic oxidation sites excluding steroid dienone is 2. The minimum absolute atomic E-state index is 1.05. The Morgan fingerprint density at radius 2 is 1.64 bits per heavy atom. The zero-order valence-electron chi connectivity index (χ0n) is 9.23. The summed E-state index contributed by atoms with van der Waals surface area (Å²) in [7, 11) is 0. The number of fused-ring (bicyclic) bond motifs is 2. The van der Waals surface area contributed by atoms with Gasteiger partial charge >= 0.3 is 0 Å². The van der Waals surface area contributed by atoms with Gasteiger partial charge < -0.3 is 0 Å². The van der Waals surface area contributed by atoms with Crippen LogP contribution in [-0.2, 0) is 0 Å². The fourth-order valence-corrected chi connectivity index (χ4v) is 3.96. The lowest BCUT2D eigenvalue weighted by Gasteiger charge is -2.18. The molecule has 0 aromatic carbocycles. The zero-order chi connectivity index (χ0) is 9.38. The van der Waals surface area contributed by atoms with Gasteiger partial charge in [-0.1, -0.05) is 24.0 Å². The molecule has 0 aromatic rings. The molecule has 0 heterocycles. The number of hydrogen-bond donors (Lipinski definition) is 0. The maximum atomic E-state index is 1.95. The van der Waals surface area contributed by atoms with E-state index >= 15 is 0 Å². The van der Waals surface area contributed by atoms with Crippen LogP contribution in [0.5, 0.6) is 0 Å². The third-order valence-electron chi connectivity index (χ3n) is 4.70. The summed E-state index contributed by atoms with van der Waals surface area (Å²) in [5.41, 5.74) is 3.86. The first-order valence-electron chi connectivity index (χ1n) is 6.64. The maximum absolute atomic E-state index is 1.95. The minimum atomic E-state index is 1.05. The van der Waals surface area contributed by atoms with Gasteiger partial charge in [0.15, 0.2) is 0 Å². The van der Waals surface area contributed by atoms with Crippen molar-refractivity contribution in [2.75, 3.05) is 0 Å². The van der Waals surface area contributed by atoms with Gasteiger partial charge in [0.2, 0.25) is 0 Å². The second kappa shape index (κ2) is 3.72. The minimum Gasteiger partial charge on any atom is -0.0707 e. The van der Waals surface area contributed by atoms with E-state index in [-0.39, 0.29) is 0 Å². The molecule has 3 aliphatic rings. The SMILES string of the molecule is C1CCCC(=C2CC3CCC2C3)CC1. The predicted molar refractivity (Wildman–Crippen MR) is 60.2 cm³/mol. The summed E-state index contributed by atoms with van der Waals surface area (Å²) >= 11 is 0. The molecule has 3 aliphatic carbocycles. The fraction of sp³-hybridized carbons (Fsp3) is 0.857. The lowest BCUT2D eigenvalue weighted by atomic mass is 9.88. The van der Waals surface area contributed by atoms with Gasteiger partial charge in [0, 0.05) is 0 Å². The van der Waals surface area contributed by atoms with Crippen LogP contribution < -0.4 is 0 Å². The number of rotatable bonds is 0. The Morgan fingerprint density at radius 3 is 2.21 bits per heavy atom. The van der Waals surface area contributed by atoms with E-state index in [0.29, 0.717) is 0 Å². The van der Waals surface area contributed by atoms with E-state index in [1.165, 1.54) is 51.4 Å². The highest BCUT2D eigenvalue weighted by atomic mass is 14.4. The maximum Gasteiger partial charge on any atom is -0.0198 e. The molecule has 3 rings (SSSR count). The Kier molecular flexibility index (Phi) is 2.39. The fourth-order valence-electron chi connectivity index (χ4n) is 3.96. The van der Waals surface area contributed by atoms with Crippen molar-refractivity contribution < 1.29 is 0 Å². The summed E-state index contributed by atoms with van der Waals surface area (Å²) in [4.78, 5) is 0. The third kappa shape index (κ3) is 1.53. The Bertz CT molecular complexity index is 239. The summed E-state index contributed by atoms with van der Waals surface area (Å²) in [5.74, 6) is 2.15. The second-order valence-electron chi connectivity index (χ2n) is 5.62. The number of hydrogen-bond acceptors (Lipinski definition) is 0. The third-order valence-corrected chi connectivity index (χ3v) is 4.70. The van der Waals surface area contributed by atoms with E-state index in [1.807, 2.05) is 11.1 Å². The van der Waals surface area contributed by atoms with Crippen LogP contribution in [0.25, 0.3) is 0 Å². The Balaban J connectivity index is 1.80. The van der Waals surface area contributed by atoms with Gasteiger partial charge in [-0.05, 0) is 63.2 Å². The molecule has 0 heteroatoms. The average molecular weight is 190 g/mol. The van der Waals surface area contributed by atoms with Crippen LogP contribution >= 0.6 is 0 Å². The Morgan fingerprint density at radius 1 is 0.857 bits per heavy atom. The van der Waals surface area contributed by atoms with Crippen molar-refractivity contribution in [1.82, 2.24) is 0 Å². The van der Waals surface area contributed by atoms with E-state index in [2.05, 4.69) is 0 Å². The van der Waals surface area contributed by atoms with Crippen LogP contribution in [0, 0.1) is 11.8 Å². The highest BCUT2D eigenvalue weighted by Gasteiger charge is 2.36. The van der Waals surface area contributed by atoms with E-state index in [9.17, 15) is 0 Å². The summed E-state index contributed by atoms with van der Waals surface area (Å²) in [6, 6.07) is 0. The first-order chi connectivity index (χ1) is 6.93.